The van der Waals surface area contributed by atoms with Crippen LogP contribution in [-0.2, 0) is 6.42 Å². The molecule has 0 aliphatic heterocycles. The Morgan fingerprint density at radius 1 is 1.26 bits per heavy atom. The van der Waals surface area contributed by atoms with E-state index in [2.05, 4.69) is 41.1 Å². The smallest absolute Gasteiger partial charge is 0.366 e. The van der Waals surface area contributed by atoms with Crippen molar-refractivity contribution in [3.63, 3.8) is 0 Å². The fourth-order valence-electron chi connectivity index (χ4n) is 3.70. The zero-order valence-corrected chi connectivity index (χ0v) is 16.6. The zero-order chi connectivity index (χ0) is 19.6. The first-order chi connectivity index (χ1) is 12.8. The lowest BCUT2D eigenvalue weighted by Crippen LogP contribution is -2.36. The number of rotatable bonds is 4. The average molecular weight is 395 g/mol. The normalized spacial score (nSPS) is 20.6. The lowest BCUT2D eigenvalue weighted by atomic mass is 9.90. The number of anilines is 1. The van der Waals surface area contributed by atoms with Crippen LogP contribution in [0.3, 0.4) is 0 Å². The molecule has 0 aromatic carbocycles. The topological polar surface area (TPSA) is 28.2 Å². The lowest BCUT2D eigenvalue weighted by molar-refractivity contribution is -0.126. The Labute approximate surface area is 162 Å². The van der Waals surface area contributed by atoms with Gasteiger partial charge in [-0.1, -0.05) is 5.92 Å². The van der Waals surface area contributed by atoms with E-state index >= 15 is 0 Å². The van der Waals surface area contributed by atoms with Crippen LogP contribution in [0.1, 0.15) is 43.0 Å². The maximum absolute atomic E-state index is 13.1. The first-order valence-corrected chi connectivity index (χ1v) is 9.93. The van der Waals surface area contributed by atoms with Crippen molar-refractivity contribution in [1.82, 2.24) is 9.88 Å². The molecule has 27 heavy (non-hydrogen) atoms. The van der Waals surface area contributed by atoms with Gasteiger partial charge in [-0.25, -0.2) is 4.98 Å². The van der Waals surface area contributed by atoms with Gasteiger partial charge in [-0.2, -0.15) is 13.2 Å². The number of nitrogens with one attached hydrogen (secondary N) is 1. The van der Waals surface area contributed by atoms with Crippen molar-refractivity contribution in [2.24, 2.45) is 0 Å². The summed E-state index contributed by atoms with van der Waals surface area (Å²) >= 11 is 1.30. The summed E-state index contributed by atoms with van der Waals surface area (Å²) in [5.41, 5.74) is 0.263. The summed E-state index contributed by atoms with van der Waals surface area (Å²) in [4.78, 5) is 7.17. The minimum atomic E-state index is -4.26. The molecule has 3 nitrogen and oxygen atoms in total. The van der Waals surface area contributed by atoms with Gasteiger partial charge in [-0.15, -0.1) is 17.3 Å². The molecular weight excluding hydrogens is 371 g/mol. The predicted octanol–water partition coefficient (Wildman–Crippen LogP) is 5.06. The maximum Gasteiger partial charge on any atom is 0.393 e. The quantitative estimate of drug-likeness (QED) is 0.734. The molecule has 0 unspecified atom stereocenters. The number of alkyl halides is 3. The number of thiophene rings is 1. The van der Waals surface area contributed by atoms with Crippen LogP contribution < -0.4 is 5.32 Å². The predicted molar refractivity (Wildman–Crippen MR) is 105 cm³/mol. The van der Waals surface area contributed by atoms with Gasteiger partial charge in [0.2, 0.25) is 0 Å². The molecule has 1 aliphatic rings. The number of nitrogens with zero attached hydrogens (tertiary/aromatic N) is 2. The van der Waals surface area contributed by atoms with Gasteiger partial charge in [-0.05, 0) is 58.3 Å². The van der Waals surface area contributed by atoms with E-state index in [0.717, 1.165) is 30.4 Å². The Morgan fingerprint density at radius 2 is 1.96 bits per heavy atom. The van der Waals surface area contributed by atoms with E-state index in [0.29, 0.717) is 28.2 Å². The molecule has 1 fully saturated rings. The Balaban J connectivity index is 1.89. The zero-order valence-electron chi connectivity index (χ0n) is 15.8. The molecule has 146 valence electrons. The summed E-state index contributed by atoms with van der Waals surface area (Å²) in [5, 5.41) is 4.09. The largest absolute Gasteiger partial charge is 0.393 e. The summed E-state index contributed by atoms with van der Waals surface area (Å²) in [6, 6.07) is 2.56. The molecule has 1 N–H and O–H groups in total. The van der Waals surface area contributed by atoms with Crippen molar-refractivity contribution in [3.8, 4) is 11.8 Å². The van der Waals surface area contributed by atoms with Crippen molar-refractivity contribution in [1.29, 1.82) is 0 Å². The summed E-state index contributed by atoms with van der Waals surface area (Å²) in [6.45, 7) is 1.64. The summed E-state index contributed by atoms with van der Waals surface area (Å²) in [6.07, 6.45) is 0.639. The van der Waals surface area contributed by atoms with Crippen LogP contribution in [-0.4, -0.2) is 42.2 Å². The molecule has 7 heteroatoms. The number of pyridine rings is 1. The van der Waals surface area contributed by atoms with Crippen LogP contribution in [0.15, 0.2) is 12.3 Å². The van der Waals surface area contributed by atoms with Crippen LogP contribution in [0.5, 0.6) is 0 Å². The molecule has 1 saturated carbocycles. The summed E-state index contributed by atoms with van der Waals surface area (Å²) < 4.78 is 40.0. The second kappa shape index (κ2) is 8.07. The third-order valence-electron chi connectivity index (χ3n) is 5.09. The first kappa shape index (κ1) is 20.0. The molecule has 3 rings (SSSR count). The second-order valence-corrected chi connectivity index (χ2v) is 8.25. The number of fused-ring (bicyclic) bond motifs is 1. The Hall–Kier alpha value is -1.78. The SMILES string of the molecule is CC#Cc1sc2c(NC3CCC(N(C)C)CC3)nccc2c1CC(F)(F)F. The number of hydrogen-bond acceptors (Lipinski definition) is 4. The molecule has 2 heterocycles. The molecule has 0 saturated heterocycles. The van der Waals surface area contributed by atoms with Crippen molar-refractivity contribution in [2.45, 2.75) is 57.3 Å². The number of hydrogen-bond donors (Lipinski definition) is 1. The van der Waals surface area contributed by atoms with Crippen molar-refractivity contribution >= 4 is 27.2 Å². The molecule has 0 spiro atoms. The van der Waals surface area contributed by atoms with Gasteiger partial charge in [0.25, 0.3) is 0 Å². The van der Waals surface area contributed by atoms with Gasteiger partial charge in [0.15, 0.2) is 0 Å². The highest BCUT2D eigenvalue weighted by Gasteiger charge is 2.31. The van der Waals surface area contributed by atoms with E-state index < -0.39 is 12.6 Å². The molecule has 0 atom stereocenters. The standard InChI is InChI=1S/C20H24F3N3S/c1-4-5-17-16(12-20(21,22)23)15-10-11-24-19(18(15)27-17)25-13-6-8-14(9-7-13)26(2)3/h10-11,13-14H,6-9,12H2,1-3H3,(H,24,25). The van der Waals surface area contributed by atoms with Crippen LogP contribution in [0.4, 0.5) is 19.0 Å². The van der Waals surface area contributed by atoms with Gasteiger partial charge in [0, 0.05) is 23.7 Å². The molecule has 0 radical (unpaired) electrons. The van der Waals surface area contributed by atoms with Gasteiger partial charge in [0.1, 0.15) is 5.82 Å². The van der Waals surface area contributed by atoms with Gasteiger partial charge >= 0.3 is 6.18 Å². The van der Waals surface area contributed by atoms with Crippen LogP contribution in [0, 0.1) is 11.8 Å². The van der Waals surface area contributed by atoms with Crippen LogP contribution in [0.25, 0.3) is 10.1 Å². The summed E-state index contributed by atoms with van der Waals surface area (Å²) in [5.74, 6) is 6.26. The number of halogens is 3. The molecule has 2 aromatic heterocycles. The minimum absolute atomic E-state index is 0.263. The third-order valence-corrected chi connectivity index (χ3v) is 6.26. The molecule has 0 bridgehead atoms. The van der Waals surface area contributed by atoms with Crippen molar-refractivity contribution in [2.75, 3.05) is 19.4 Å². The maximum atomic E-state index is 13.1. The van der Waals surface area contributed by atoms with Crippen LogP contribution in [0.2, 0.25) is 0 Å². The van der Waals surface area contributed by atoms with E-state index in [1.165, 1.54) is 11.3 Å². The van der Waals surface area contributed by atoms with Crippen LogP contribution >= 0.6 is 11.3 Å². The van der Waals surface area contributed by atoms with E-state index in [1.807, 2.05) is 0 Å². The molecule has 1 aliphatic carbocycles. The summed E-state index contributed by atoms with van der Waals surface area (Å²) in [7, 11) is 4.20. The van der Waals surface area contributed by atoms with Crippen molar-refractivity contribution < 1.29 is 13.2 Å². The highest BCUT2D eigenvalue weighted by Crippen LogP contribution is 2.38. The monoisotopic (exact) mass is 395 g/mol. The Morgan fingerprint density at radius 3 is 2.56 bits per heavy atom. The second-order valence-electron chi connectivity index (χ2n) is 7.23. The molecule has 0 amide bonds. The Kier molecular flexibility index (Phi) is 5.97. The van der Waals surface area contributed by atoms with E-state index in [9.17, 15) is 13.2 Å². The fourth-order valence-corrected chi connectivity index (χ4v) is 4.87. The van der Waals surface area contributed by atoms with Gasteiger partial charge in [-0.3, -0.25) is 0 Å². The number of aromatic nitrogens is 1. The minimum Gasteiger partial charge on any atom is -0.366 e. The van der Waals surface area contributed by atoms with Crippen molar-refractivity contribution in [3.05, 3.63) is 22.7 Å². The first-order valence-electron chi connectivity index (χ1n) is 9.11. The third kappa shape index (κ3) is 4.74. The fraction of sp³-hybridized carbons (Fsp3) is 0.550. The van der Waals surface area contributed by atoms with E-state index in [4.69, 9.17) is 0 Å². The van der Waals surface area contributed by atoms with E-state index in [1.54, 1.807) is 19.2 Å². The molecule has 2 aromatic rings. The Bertz CT molecular complexity index is 853. The lowest BCUT2D eigenvalue weighted by Gasteiger charge is -2.33. The van der Waals surface area contributed by atoms with E-state index in [-0.39, 0.29) is 5.56 Å². The average Bonchev–Trinajstić information content (AvgIpc) is 2.93. The van der Waals surface area contributed by atoms with Gasteiger partial charge < -0.3 is 10.2 Å². The van der Waals surface area contributed by atoms with Gasteiger partial charge in [0.05, 0.1) is 16.0 Å². The highest BCUT2D eigenvalue weighted by molar-refractivity contribution is 7.20. The highest BCUT2D eigenvalue weighted by atomic mass is 32.1. The molecular formula is C20H24F3N3S.